The third-order valence-corrected chi connectivity index (χ3v) is 4.16. The van der Waals surface area contributed by atoms with Crippen LogP contribution >= 0.6 is 0 Å². The van der Waals surface area contributed by atoms with E-state index in [0.29, 0.717) is 6.61 Å². The van der Waals surface area contributed by atoms with Gasteiger partial charge in [-0.3, -0.25) is 10.2 Å². The Morgan fingerprint density at radius 1 is 1.09 bits per heavy atom. The zero-order valence-electron chi connectivity index (χ0n) is 12.7. The second kappa shape index (κ2) is 6.92. The van der Waals surface area contributed by atoms with Crippen LogP contribution in [0.2, 0.25) is 0 Å². The summed E-state index contributed by atoms with van der Waals surface area (Å²) in [6.07, 6.45) is 0.975. The smallest absolute Gasteiger partial charge is 0.120 e. The molecule has 4 nitrogen and oxygen atoms in total. The Morgan fingerprint density at radius 2 is 1.86 bits per heavy atom. The van der Waals surface area contributed by atoms with Crippen LogP contribution in [-0.2, 0) is 4.89 Å². The van der Waals surface area contributed by atoms with E-state index in [1.54, 1.807) is 0 Å². The zero-order chi connectivity index (χ0) is 15.4. The quantitative estimate of drug-likeness (QED) is 0.679. The molecule has 0 saturated carbocycles. The molecule has 0 amide bonds. The highest BCUT2D eigenvalue weighted by atomic mass is 17.1. The van der Waals surface area contributed by atoms with Crippen molar-refractivity contribution in [2.24, 2.45) is 0 Å². The Labute approximate surface area is 130 Å². The van der Waals surface area contributed by atoms with Gasteiger partial charge >= 0.3 is 0 Å². The van der Waals surface area contributed by atoms with Crippen LogP contribution in [0.1, 0.15) is 6.42 Å². The zero-order valence-corrected chi connectivity index (χ0v) is 12.7. The first-order valence-electron chi connectivity index (χ1n) is 7.55. The Balaban J connectivity index is 1.69. The summed E-state index contributed by atoms with van der Waals surface area (Å²) in [6.45, 7) is 1.16. The highest BCUT2D eigenvalue weighted by Gasteiger charge is 2.31. The summed E-state index contributed by atoms with van der Waals surface area (Å²) in [5.74, 6) is 0.880. The molecule has 1 aliphatic rings. The van der Waals surface area contributed by atoms with Gasteiger partial charge in [-0.2, -0.15) is 0 Å². The van der Waals surface area contributed by atoms with Gasteiger partial charge in [-0.05, 0) is 30.3 Å². The molecule has 2 aromatic rings. The molecule has 1 fully saturated rings. The maximum absolute atomic E-state index is 8.62. The summed E-state index contributed by atoms with van der Waals surface area (Å²) in [5, 5.41) is 8.62. The predicted octanol–water partition coefficient (Wildman–Crippen LogP) is 3.29. The van der Waals surface area contributed by atoms with Gasteiger partial charge in [0.1, 0.15) is 11.9 Å². The minimum Gasteiger partial charge on any atom is -0.489 e. The second-order valence-electron chi connectivity index (χ2n) is 5.76. The van der Waals surface area contributed by atoms with E-state index in [2.05, 4.69) is 34.1 Å². The van der Waals surface area contributed by atoms with Crippen LogP contribution in [0.4, 0.5) is 0 Å². The molecule has 1 saturated heterocycles. The maximum Gasteiger partial charge on any atom is 0.120 e. The van der Waals surface area contributed by atoms with E-state index in [4.69, 9.17) is 9.99 Å². The molecule has 22 heavy (non-hydrogen) atoms. The number of nitrogens with zero attached hydrogens (tertiary/aromatic N) is 1. The minimum absolute atomic E-state index is 0.121. The van der Waals surface area contributed by atoms with Gasteiger partial charge in [0.15, 0.2) is 0 Å². The van der Waals surface area contributed by atoms with Gasteiger partial charge in [-0.15, -0.1) is 0 Å². The molecule has 116 valence electrons. The van der Waals surface area contributed by atoms with Crippen LogP contribution in [0.3, 0.4) is 0 Å². The summed E-state index contributed by atoms with van der Waals surface area (Å²) in [5.41, 5.74) is 2.34. The molecule has 3 rings (SSSR count). The number of hydrogen-bond donors (Lipinski definition) is 1. The van der Waals surface area contributed by atoms with Crippen molar-refractivity contribution in [2.75, 3.05) is 20.2 Å². The summed E-state index contributed by atoms with van der Waals surface area (Å²) >= 11 is 0. The largest absolute Gasteiger partial charge is 0.489 e. The highest BCUT2D eigenvalue weighted by molar-refractivity contribution is 5.64. The van der Waals surface area contributed by atoms with Crippen molar-refractivity contribution in [1.82, 2.24) is 4.90 Å². The molecular weight excluding hydrogens is 278 g/mol. The van der Waals surface area contributed by atoms with E-state index in [9.17, 15) is 0 Å². The topological polar surface area (TPSA) is 41.9 Å². The molecule has 2 aromatic carbocycles. The SMILES string of the molecule is CN1CC(Oc2cccc(-c3ccccc3)c2)CC1COO. The summed E-state index contributed by atoms with van der Waals surface area (Å²) < 4.78 is 6.11. The molecular formula is C18H21NO3. The number of hydrogen-bond acceptors (Lipinski definition) is 4. The Morgan fingerprint density at radius 3 is 2.64 bits per heavy atom. The van der Waals surface area contributed by atoms with E-state index in [1.807, 2.05) is 37.4 Å². The molecule has 1 aliphatic heterocycles. The van der Waals surface area contributed by atoms with E-state index >= 15 is 0 Å². The molecule has 0 aromatic heterocycles. The van der Waals surface area contributed by atoms with Crippen molar-refractivity contribution in [2.45, 2.75) is 18.6 Å². The lowest BCUT2D eigenvalue weighted by Crippen LogP contribution is -2.29. The fourth-order valence-electron chi connectivity index (χ4n) is 2.97. The molecule has 0 spiro atoms. The highest BCUT2D eigenvalue weighted by Crippen LogP contribution is 2.26. The Bertz CT molecular complexity index is 602. The van der Waals surface area contributed by atoms with Gasteiger partial charge in [0.05, 0.1) is 6.61 Å². The predicted molar refractivity (Wildman–Crippen MR) is 85.9 cm³/mol. The number of ether oxygens (including phenoxy) is 1. The average molecular weight is 299 g/mol. The molecule has 0 aliphatic carbocycles. The molecule has 1 N–H and O–H groups in total. The first-order chi connectivity index (χ1) is 10.8. The van der Waals surface area contributed by atoms with Crippen molar-refractivity contribution < 1.29 is 14.9 Å². The van der Waals surface area contributed by atoms with Crippen LogP contribution in [0.25, 0.3) is 11.1 Å². The summed E-state index contributed by atoms with van der Waals surface area (Å²) in [7, 11) is 2.02. The minimum atomic E-state index is 0.121. The summed E-state index contributed by atoms with van der Waals surface area (Å²) in [6, 6.07) is 18.6. The van der Waals surface area contributed by atoms with E-state index in [0.717, 1.165) is 24.3 Å². The van der Waals surface area contributed by atoms with Crippen LogP contribution in [0, 0.1) is 0 Å². The van der Waals surface area contributed by atoms with Crippen LogP contribution in [0.15, 0.2) is 54.6 Å². The second-order valence-corrected chi connectivity index (χ2v) is 5.76. The van der Waals surface area contributed by atoms with Crippen molar-refractivity contribution >= 4 is 0 Å². The lowest BCUT2D eigenvalue weighted by Gasteiger charge is -2.15. The first kappa shape index (κ1) is 15.0. The van der Waals surface area contributed by atoms with Gasteiger partial charge in [-0.1, -0.05) is 42.5 Å². The van der Waals surface area contributed by atoms with Crippen LogP contribution in [-0.4, -0.2) is 42.5 Å². The van der Waals surface area contributed by atoms with Crippen molar-refractivity contribution in [3.05, 3.63) is 54.6 Å². The normalized spacial score (nSPS) is 21.9. The molecule has 0 radical (unpaired) electrons. The van der Waals surface area contributed by atoms with Gasteiger partial charge in [0.25, 0.3) is 0 Å². The first-order valence-corrected chi connectivity index (χ1v) is 7.55. The number of rotatable bonds is 5. The molecule has 0 bridgehead atoms. The number of likely N-dealkylation sites (tertiary alicyclic amines) is 1. The lowest BCUT2D eigenvalue weighted by atomic mass is 10.1. The van der Waals surface area contributed by atoms with Crippen LogP contribution in [0.5, 0.6) is 5.75 Å². The van der Waals surface area contributed by atoms with Crippen molar-refractivity contribution in [1.29, 1.82) is 0 Å². The van der Waals surface area contributed by atoms with Crippen LogP contribution < -0.4 is 4.74 Å². The molecule has 2 atom stereocenters. The van der Waals surface area contributed by atoms with Gasteiger partial charge in [-0.25, -0.2) is 4.89 Å². The third-order valence-electron chi connectivity index (χ3n) is 4.16. The molecule has 4 heteroatoms. The third kappa shape index (κ3) is 3.47. The van der Waals surface area contributed by atoms with E-state index in [-0.39, 0.29) is 12.1 Å². The van der Waals surface area contributed by atoms with Crippen molar-refractivity contribution in [3.8, 4) is 16.9 Å². The number of benzene rings is 2. The lowest BCUT2D eigenvalue weighted by molar-refractivity contribution is -0.250. The molecule has 2 unspecified atom stereocenters. The Hall–Kier alpha value is -1.88. The fourth-order valence-corrected chi connectivity index (χ4v) is 2.97. The standard InChI is InChI=1S/C18H21NO3/c1-19-12-18(11-16(19)13-21-20)22-17-9-5-8-15(10-17)14-6-3-2-4-7-14/h2-10,16,18,20H,11-13H2,1H3. The van der Waals surface area contributed by atoms with Crippen molar-refractivity contribution in [3.63, 3.8) is 0 Å². The monoisotopic (exact) mass is 299 g/mol. The summed E-state index contributed by atoms with van der Waals surface area (Å²) in [4.78, 5) is 6.43. The average Bonchev–Trinajstić information content (AvgIpc) is 2.88. The van der Waals surface area contributed by atoms with E-state index in [1.165, 1.54) is 5.56 Å². The molecule has 1 heterocycles. The van der Waals surface area contributed by atoms with Gasteiger partial charge < -0.3 is 4.74 Å². The number of likely N-dealkylation sites (N-methyl/N-ethyl adjacent to an activating group) is 1. The van der Waals surface area contributed by atoms with E-state index < -0.39 is 0 Å². The van der Waals surface area contributed by atoms with Gasteiger partial charge in [0.2, 0.25) is 0 Å². The Kier molecular flexibility index (Phi) is 4.73. The maximum atomic E-state index is 8.62. The van der Waals surface area contributed by atoms with Gasteiger partial charge in [0, 0.05) is 19.0 Å². The fraction of sp³-hybridized carbons (Fsp3) is 0.333.